The second-order valence-electron chi connectivity index (χ2n) is 5.85. The van der Waals surface area contributed by atoms with E-state index in [9.17, 15) is 4.79 Å². The maximum atomic E-state index is 12.0. The first-order valence-corrected chi connectivity index (χ1v) is 9.42. The third kappa shape index (κ3) is 5.69. The molecule has 4 heteroatoms. The van der Waals surface area contributed by atoms with Crippen LogP contribution in [0.4, 0.5) is 0 Å². The molecule has 26 heavy (non-hydrogen) atoms. The van der Waals surface area contributed by atoms with Crippen LogP contribution >= 0.6 is 11.3 Å². The third-order valence-corrected chi connectivity index (χ3v) is 4.61. The fourth-order valence-corrected chi connectivity index (χ4v) is 3.14. The van der Waals surface area contributed by atoms with Gasteiger partial charge in [0.1, 0.15) is 0 Å². The molecule has 0 fully saturated rings. The number of amides is 1. The standard InChI is InChI=1S/C22H21NO2S/c24-22(11-10-19-12-13-26-17-19)23-14-20-8-4-5-9-21(20)16-25-15-18-6-2-1-3-7-18/h1-13,17H,14-16H2,(H,23,24)/b11-10+. The summed E-state index contributed by atoms with van der Waals surface area (Å²) in [4.78, 5) is 12.0. The predicted octanol–water partition coefficient (Wildman–Crippen LogP) is 4.79. The van der Waals surface area contributed by atoms with Crippen LogP contribution in [-0.2, 0) is 29.3 Å². The molecule has 3 aromatic rings. The minimum Gasteiger partial charge on any atom is -0.372 e. The largest absolute Gasteiger partial charge is 0.372 e. The van der Waals surface area contributed by atoms with Gasteiger partial charge in [0.05, 0.1) is 13.2 Å². The van der Waals surface area contributed by atoms with Crippen molar-refractivity contribution in [1.29, 1.82) is 0 Å². The highest BCUT2D eigenvalue weighted by atomic mass is 32.1. The molecule has 0 aliphatic carbocycles. The van der Waals surface area contributed by atoms with Gasteiger partial charge >= 0.3 is 0 Å². The Bertz CT molecular complexity index is 842. The van der Waals surface area contributed by atoms with E-state index >= 15 is 0 Å². The second-order valence-corrected chi connectivity index (χ2v) is 6.63. The van der Waals surface area contributed by atoms with Gasteiger partial charge in [0.25, 0.3) is 0 Å². The zero-order chi connectivity index (χ0) is 18.0. The van der Waals surface area contributed by atoms with Crippen molar-refractivity contribution in [3.63, 3.8) is 0 Å². The molecule has 3 nitrogen and oxygen atoms in total. The molecule has 3 rings (SSSR count). The van der Waals surface area contributed by atoms with E-state index in [0.29, 0.717) is 19.8 Å². The van der Waals surface area contributed by atoms with Crippen molar-refractivity contribution < 1.29 is 9.53 Å². The number of nitrogens with one attached hydrogen (secondary N) is 1. The van der Waals surface area contributed by atoms with Crippen LogP contribution in [0.3, 0.4) is 0 Å². The van der Waals surface area contributed by atoms with E-state index < -0.39 is 0 Å². The first kappa shape index (κ1) is 18.1. The van der Waals surface area contributed by atoms with Crippen LogP contribution in [-0.4, -0.2) is 5.91 Å². The SMILES string of the molecule is O=C(/C=C/c1ccsc1)NCc1ccccc1COCc1ccccc1. The molecule has 0 unspecified atom stereocenters. The lowest BCUT2D eigenvalue weighted by Crippen LogP contribution is -2.21. The van der Waals surface area contributed by atoms with E-state index in [0.717, 1.165) is 22.3 Å². The maximum Gasteiger partial charge on any atom is 0.244 e. The normalized spacial score (nSPS) is 10.9. The highest BCUT2D eigenvalue weighted by molar-refractivity contribution is 7.08. The topological polar surface area (TPSA) is 38.3 Å². The van der Waals surface area contributed by atoms with Crippen LogP contribution in [0.2, 0.25) is 0 Å². The first-order valence-electron chi connectivity index (χ1n) is 8.48. The maximum absolute atomic E-state index is 12.0. The molecule has 1 aromatic heterocycles. The van der Waals surface area contributed by atoms with Crippen molar-refractivity contribution in [3.05, 3.63) is 99.8 Å². The molecule has 0 spiro atoms. The highest BCUT2D eigenvalue weighted by Crippen LogP contribution is 2.12. The Morgan fingerprint density at radius 1 is 0.962 bits per heavy atom. The van der Waals surface area contributed by atoms with Crippen LogP contribution in [0.5, 0.6) is 0 Å². The smallest absolute Gasteiger partial charge is 0.244 e. The van der Waals surface area contributed by atoms with Crippen molar-refractivity contribution in [3.8, 4) is 0 Å². The zero-order valence-electron chi connectivity index (χ0n) is 14.4. The summed E-state index contributed by atoms with van der Waals surface area (Å²) in [6.07, 6.45) is 3.39. The number of hydrogen-bond acceptors (Lipinski definition) is 3. The minimum absolute atomic E-state index is 0.101. The number of ether oxygens (including phenoxy) is 1. The summed E-state index contributed by atoms with van der Waals surface area (Å²) in [6.45, 7) is 1.58. The van der Waals surface area contributed by atoms with Gasteiger partial charge in [-0.05, 0) is 45.2 Å². The molecular formula is C22H21NO2S. The van der Waals surface area contributed by atoms with Gasteiger partial charge < -0.3 is 10.1 Å². The van der Waals surface area contributed by atoms with Crippen molar-refractivity contribution >= 4 is 23.3 Å². The van der Waals surface area contributed by atoms with Crippen LogP contribution in [0, 0.1) is 0 Å². The quantitative estimate of drug-likeness (QED) is 0.584. The number of benzene rings is 2. The van der Waals surface area contributed by atoms with Crippen molar-refractivity contribution in [2.45, 2.75) is 19.8 Å². The molecule has 1 N–H and O–H groups in total. The number of carbonyl (C=O) groups is 1. The fourth-order valence-electron chi connectivity index (χ4n) is 2.51. The van der Waals surface area contributed by atoms with E-state index in [1.165, 1.54) is 0 Å². The van der Waals surface area contributed by atoms with Gasteiger partial charge in [-0.25, -0.2) is 0 Å². The van der Waals surface area contributed by atoms with Gasteiger partial charge in [-0.15, -0.1) is 0 Å². The van der Waals surface area contributed by atoms with E-state index in [2.05, 4.69) is 5.32 Å². The number of hydrogen-bond donors (Lipinski definition) is 1. The molecule has 1 amide bonds. The predicted molar refractivity (Wildman–Crippen MR) is 107 cm³/mol. The molecule has 0 saturated carbocycles. The number of rotatable bonds is 8. The fraction of sp³-hybridized carbons (Fsp3) is 0.136. The summed E-state index contributed by atoms with van der Waals surface area (Å²) in [5, 5.41) is 6.92. The van der Waals surface area contributed by atoms with Crippen LogP contribution in [0.25, 0.3) is 6.08 Å². The lowest BCUT2D eigenvalue weighted by Gasteiger charge is -2.11. The van der Waals surface area contributed by atoms with Crippen LogP contribution in [0.15, 0.2) is 77.5 Å². The monoisotopic (exact) mass is 363 g/mol. The first-order chi connectivity index (χ1) is 12.8. The van der Waals surface area contributed by atoms with E-state index in [1.54, 1.807) is 17.4 Å². The summed E-state index contributed by atoms with van der Waals surface area (Å²) in [5.41, 5.74) is 4.35. The van der Waals surface area contributed by atoms with Gasteiger partial charge in [-0.1, -0.05) is 54.6 Å². The Labute approximate surface area is 158 Å². The highest BCUT2D eigenvalue weighted by Gasteiger charge is 2.04. The molecule has 0 saturated heterocycles. The average Bonchev–Trinajstić information content (AvgIpc) is 3.20. The summed E-state index contributed by atoms with van der Waals surface area (Å²) >= 11 is 1.61. The molecule has 0 aliphatic heterocycles. The second kappa shape index (κ2) is 9.70. The molecule has 132 valence electrons. The van der Waals surface area contributed by atoms with Crippen molar-refractivity contribution in [2.75, 3.05) is 0 Å². The molecule has 0 radical (unpaired) electrons. The van der Waals surface area contributed by atoms with Crippen LogP contribution in [0.1, 0.15) is 22.3 Å². The van der Waals surface area contributed by atoms with Gasteiger partial charge in [-0.2, -0.15) is 11.3 Å². The number of carbonyl (C=O) groups excluding carboxylic acids is 1. The lowest BCUT2D eigenvalue weighted by molar-refractivity contribution is -0.116. The Balaban J connectivity index is 1.51. The third-order valence-electron chi connectivity index (χ3n) is 3.91. The van der Waals surface area contributed by atoms with Crippen molar-refractivity contribution in [2.24, 2.45) is 0 Å². The van der Waals surface area contributed by atoms with Crippen molar-refractivity contribution in [1.82, 2.24) is 5.32 Å². The minimum atomic E-state index is -0.101. The Morgan fingerprint density at radius 2 is 1.73 bits per heavy atom. The lowest BCUT2D eigenvalue weighted by atomic mass is 10.1. The van der Waals surface area contributed by atoms with E-state index in [4.69, 9.17) is 4.74 Å². The summed E-state index contributed by atoms with van der Waals surface area (Å²) < 4.78 is 5.82. The molecule has 2 aromatic carbocycles. The summed E-state index contributed by atoms with van der Waals surface area (Å²) in [7, 11) is 0. The van der Waals surface area contributed by atoms with Gasteiger partial charge in [0.15, 0.2) is 0 Å². The Kier molecular flexibility index (Phi) is 6.76. The van der Waals surface area contributed by atoms with Gasteiger partial charge in [0, 0.05) is 12.6 Å². The molecular weight excluding hydrogens is 342 g/mol. The zero-order valence-corrected chi connectivity index (χ0v) is 15.2. The molecule has 0 aliphatic rings. The van der Waals surface area contributed by atoms with E-state index in [1.807, 2.05) is 77.5 Å². The van der Waals surface area contributed by atoms with Gasteiger partial charge in [-0.3, -0.25) is 4.79 Å². The Hall–Kier alpha value is -2.69. The summed E-state index contributed by atoms with van der Waals surface area (Å²) in [5.74, 6) is -0.101. The molecule has 0 bridgehead atoms. The van der Waals surface area contributed by atoms with E-state index in [-0.39, 0.29) is 5.91 Å². The number of thiophene rings is 1. The van der Waals surface area contributed by atoms with Crippen LogP contribution < -0.4 is 5.32 Å². The molecule has 0 atom stereocenters. The Morgan fingerprint density at radius 3 is 2.50 bits per heavy atom. The van der Waals surface area contributed by atoms with Gasteiger partial charge in [0.2, 0.25) is 5.91 Å². The molecule has 1 heterocycles. The summed E-state index contributed by atoms with van der Waals surface area (Å²) in [6, 6.07) is 20.1. The average molecular weight is 363 g/mol.